The number of nitrogens with two attached hydrogens (primary N) is 1. The first-order valence-corrected chi connectivity index (χ1v) is 14.0. The van der Waals surface area contributed by atoms with E-state index in [2.05, 4.69) is 10.3 Å². The number of carboxylic acid groups (broad SMARTS) is 1. The normalized spacial score (nSPS) is 15.6. The van der Waals surface area contributed by atoms with Crippen molar-refractivity contribution >= 4 is 46.0 Å². The van der Waals surface area contributed by atoms with Gasteiger partial charge in [-0.05, 0) is 55.5 Å². The zero-order chi connectivity index (χ0) is 28.1. The smallest absolute Gasteiger partial charge is 0.341 e. The SMILES string of the molecule is CSc1ccc(-n2nnc(C(=O)N3CCN(c4cc5c(cc4F)c(=O)c(C(=O)O)cn5C4CC4)CC3)c2N)cc1. The Morgan fingerprint density at radius 1 is 1.10 bits per heavy atom. The number of anilines is 2. The van der Waals surface area contributed by atoms with E-state index in [0.29, 0.717) is 43.1 Å². The number of nitrogen functional groups attached to an aromatic ring is 1. The molecule has 2 aromatic carbocycles. The number of carbonyl (C=O) groups excluding carboxylic acids is 1. The van der Waals surface area contributed by atoms with Crippen LogP contribution in [0.3, 0.4) is 0 Å². The van der Waals surface area contributed by atoms with Crippen molar-refractivity contribution in [2.45, 2.75) is 23.8 Å². The van der Waals surface area contributed by atoms with Crippen molar-refractivity contribution in [1.29, 1.82) is 0 Å². The van der Waals surface area contributed by atoms with E-state index in [0.717, 1.165) is 23.8 Å². The summed E-state index contributed by atoms with van der Waals surface area (Å²) in [6.07, 6.45) is 5.06. The molecule has 0 unspecified atom stereocenters. The Morgan fingerprint density at radius 2 is 1.80 bits per heavy atom. The highest BCUT2D eigenvalue weighted by molar-refractivity contribution is 7.98. The van der Waals surface area contributed by atoms with Gasteiger partial charge in [0.1, 0.15) is 11.4 Å². The van der Waals surface area contributed by atoms with Gasteiger partial charge in [0.25, 0.3) is 5.91 Å². The third kappa shape index (κ3) is 4.45. The van der Waals surface area contributed by atoms with Crippen molar-refractivity contribution in [2.24, 2.45) is 0 Å². The molecule has 0 bridgehead atoms. The van der Waals surface area contributed by atoms with Gasteiger partial charge in [0, 0.05) is 48.7 Å². The Bertz CT molecular complexity index is 1710. The van der Waals surface area contributed by atoms with Crippen LogP contribution in [0.4, 0.5) is 15.9 Å². The van der Waals surface area contributed by atoms with Gasteiger partial charge >= 0.3 is 5.97 Å². The van der Waals surface area contributed by atoms with Gasteiger partial charge in [-0.3, -0.25) is 9.59 Å². The van der Waals surface area contributed by atoms with E-state index in [1.807, 2.05) is 35.4 Å². The highest BCUT2D eigenvalue weighted by Crippen LogP contribution is 2.38. The number of aromatic carboxylic acids is 1. The van der Waals surface area contributed by atoms with Crippen molar-refractivity contribution in [3.05, 3.63) is 69.9 Å². The van der Waals surface area contributed by atoms with E-state index in [1.165, 1.54) is 10.9 Å². The predicted molar refractivity (Wildman–Crippen MR) is 149 cm³/mol. The average Bonchev–Trinajstić information content (AvgIpc) is 3.74. The van der Waals surface area contributed by atoms with Crippen LogP contribution in [0.2, 0.25) is 0 Å². The van der Waals surface area contributed by atoms with Crippen molar-refractivity contribution in [3.63, 3.8) is 0 Å². The second-order valence-corrected chi connectivity index (χ2v) is 10.7. The van der Waals surface area contributed by atoms with Crippen LogP contribution in [-0.4, -0.2) is 73.9 Å². The number of carboxylic acids is 1. The molecule has 1 aliphatic heterocycles. The highest BCUT2D eigenvalue weighted by atomic mass is 32.2. The fourth-order valence-electron chi connectivity index (χ4n) is 5.06. The first-order chi connectivity index (χ1) is 19.3. The lowest BCUT2D eigenvalue weighted by atomic mass is 10.1. The molecule has 13 heteroatoms. The van der Waals surface area contributed by atoms with E-state index in [9.17, 15) is 19.5 Å². The van der Waals surface area contributed by atoms with Crippen molar-refractivity contribution in [1.82, 2.24) is 24.5 Å². The minimum absolute atomic E-state index is 0.0449. The molecule has 1 saturated carbocycles. The minimum atomic E-state index is -1.33. The quantitative estimate of drug-likeness (QED) is 0.339. The van der Waals surface area contributed by atoms with Crippen molar-refractivity contribution in [2.75, 3.05) is 43.1 Å². The Morgan fingerprint density at radius 3 is 2.42 bits per heavy atom. The summed E-state index contributed by atoms with van der Waals surface area (Å²) in [7, 11) is 0. The molecule has 0 spiro atoms. The molecule has 3 N–H and O–H groups in total. The van der Waals surface area contributed by atoms with Gasteiger partial charge in [0.05, 0.1) is 16.9 Å². The summed E-state index contributed by atoms with van der Waals surface area (Å²) >= 11 is 1.61. The van der Waals surface area contributed by atoms with Crippen LogP contribution >= 0.6 is 11.8 Å². The van der Waals surface area contributed by atoms with Crippen LogP contribution in [0.25, 0.3) is 16.6 Å². The molecular weight excluding hydrogens is 537 g/mol. The molecule has 3 heterocycles. The van der Waals surface area contributed by atoms with Crippen LogP contribution in [0.1, 0.15) is 39.7 Å². The summed E-state index contributed by atoms with van der Waals surface area (Å²) in [5.74, 6) is -2.16. The lowest BCUT2D eigenvalue weighted by Gasteiger charge is -2.36. The van der Waals surface area contributed by atoms with Gasteiger partial charge in [-0.25, -0.2) is 9.18 Å². The van der Waals surface area contributed by atoms with E-state index in [-0.39, 0.29) is 34.4 Å². The first-order valence-electron chi connectivity index (χ1n) is 12.8. The molecule has 6 rings (SSSR count). The average molecular weight is 564 g/mol. The molecule has 206 valence electrons. The Balaban J connectivity index is 1.22. The Kier molecular flexibility index (Phi) is 6.45. The number of thioether (sulfide) groups is 1. The number of aromatic nitrogens is 4. The van der Waals surface area contributed by atoms with Gasteiger partial charge in [-0.2, -0.15) is 4.68 Å². The second kappa shape index (κ2) is 9.97. The number of hydrogen-bond donors (Lipinski definition) is 2. The summed E-state index contributed by atoms with van der Waals surface area (Å²) in [6.45, 7) is 1.30. The lowest BCUT2D eigenvalue weighted by Crippen LogP contribution is -2.49. The molecule has 1 aliphatic carbocycles. The van der Waals surface area contributed by atoms with Crippen LogP contribution in [0.15, 0.2) is 52.3 Å². The van der Waals surface area contributed by atoms with E-state index in [1.54, 1.807) is 27.3 Å². The lowest BCUT2D eigenvalue weighted by molar-refractivity contribution is 0.0693. The fraction of sp³-hybridized carbons (Fsp3) is 0.296. The molecule has 0 atom stereocenters. The molecule has 40 heavy (non-hydrogen) atoms. The Hall–Kier alpha value is -4.39. The molecule has 11 nitrogen and oxygen atoms in total. The second-order valence-electron chi connectivity index (χ2n) is 9.85. The summed E-state index contributed by atoms with van der Waals surface area (Å²) < 4.78 is 18.5. The molecule has 2 aliphatic rings. The maximum atomic E-state index is 15.3. The summed E-state index contributed by atoms with van der Waals surface area (Å²) in [5, 5.41) is 17.6. The van der Waals surface area contributed by atoms with Crippen molar-refractivity contribution < 1.29 is 19.1 Å². The van der Waals surface area contributed by atoms with Crippen molar-refractivity contribution in [3.8, 4) is 5.69 Å². The molecule has 0 radical (unpaired) electrons. The summed E-state index contributed by atoms with van der Waals surface area (Å²) in [5.41, 5.74) is 6.73. The number of fused-ring (bicyclic) bond motifs is 1. The number of piperazine rings is 1. The molecule has 1 amide bonds. The molecule has 1 saturated heterocycles. The van der Waals surface area contributed by atoms with Gasteiger partial charge < -0.3 is 25.2 Å². The van der Waals surface area contributed by atoms with Gasteiger partial charge in [0.15, 0.2) is 11.5 Å². The summed E-state index contributed by atoms with van der Waals surface area (Å²) in [6, 6.07) is 10.4. The number of nitrogens with zero attached hydrogens (tertiary/aromatic N) is 6. The number of amides is 1. The van der Waals surface area contributed by atoms with E-state index in [4.69, 9.17) is 5.73 Å². The number of rotatable bonds is 6. The standard InChI is InChI=1S/C27H26FN7O4S/c1-40-17-6-4-16(5-7-17)35-25(29)23(30-31-35)26(37)33-10-8-32(9-11-33)22-13-21-18(12-20(22)28)24(36)19(27(38)39)14-34(21)15-2-3-15/h4-7,12-15H,2-3,8-11,29H2,1H3,(H,38,39). The Labute approximate surface area is 232 Å². The zero-order valence-electron chi connectivity index (χ0n) is 21.6. The van der Waals surface area contributed by atoms with Crippen LogP contribution < -0.4 is 16.1 Å². The van der Waals surface area contributed by atoms with Crippen LogP contribution in [0.5, 0.6) is 0 Å². The van der Waals surface area contributed by atoms with E-state index < -0.39 is 17.2 Å². The predicted octanol–water partition coefficient (Wildman–Crippen LogP) is 3.02. The topological polar surface area (TPSA) is 140 Å². The molecule has 4 aromatic rings. The van der Waals surface area contributed by atoms with Crippen LogP contribution in [0, 0.1) is 5.82 Å². The van der Waals surface area contributed by atoms with Gasteiger partial charge in [-0.1, -0.05) is 5.21 Å². The highest BCUT2D eigenvalue weighted by Gasteiger charge is 2.30. The largest absolute Gasteiger partial charge is 0.477 e. The van der Waals surface area contributed by atoms with E-state index >= 15 is 4.39 Å². The summed E-state index contributed by atoms with van der Waals surface area (Å²) in [4.78, 5) is 42.1. The monoisotopic (exact) mass is 563 g/mol. The number of halogens is 1. The minimum Gasteiger partial charge on any atom is -0.477 e. The van der Waals surface area contributed by atoms with Crippen LogP contribution in [-0.2, 0) is 0 Å². The van der Waals surface area contributed by atoms with Gasteiger partial charge in [-0.15, -0.1) is 16.9 Å². The first kappa shape index (κ1) is 25.9. The number of pyridine rings is 1. The molecular formula is C27H26FN7O4S. The molecule has 2 aromatic heterocycles. The number of carbonyl (C=O) groups is 2. The number of benzene rings is 2. The third-order valence-electron chi connectivity index (χ3n) is 7.40. The fourth-order valence-corrected chi connectivity index (χ4v) is 5.47. The number of hydrogen-bond acceptors (Lipinski definition) is 8. The maximum absolute atomic E-state index is 15.3. The third-order valence-corrected chi connectivity index (χ3v) is 8.15. The zero-order valence-corrected chi connectivity index (χ0v) is 22.4. The van der Waals surface area contributed by atoms with Gasteiger partial charge in [0.2, 0.25) is 5.43 Å². The molecule has 2 fully saturated rings. The maximum Gasteiger partial charge on any atom is 0.341 e.